The summed E-state index contributed by atoms with van der Waals surface area (Å²) in [5.74, 6) is -0.218. The van der Waals surface area contributed by atoms with Crippen LogP contribution in [0.5, 0.6) is 0 Å². The molecule has 0 bridgehead atoms. The molecular weight excluding hydrogens is 409 g/mol. The first-order valence-corrected chi connectivity index (χ1v) is 8.84. The van der Waals surface area contributed by atoms with E-state index in [-0.39, 0.29) is 28.6 Å². The highest BCUT2D eigenvalue weighted by Crippen LogP contribution is 2.29. The molecule has 28 heavy (non-hydrogen) atoms. The number of hydrogen-bond acceptors (Lipinski definition) is 6. The summed E-state index contributed by atoms with van der Waals surface area (Å²) >= 11 is 12.0. The van der Waals surface area contributed by atoms with Gasteiger partial charge in [-0.1, -0.05) is 28.4 Å². The van der Waals surface area contributed by atoms with E-state index in [0.717, 1.165) is 11.8 Å². The number of aryl methyl sites for hydroxylation is 2. The van der Waals surface area contributed by atoms with Crippen LogP contribution in [0.15, 0.2) is 22.7 Å². The van der Waals surface area contributed by atoms with E-state index in [4.69, 9.17) is 27.7 Å². The summed E-state index contributed by atoms with van der Waals surface area (Å²) in [6.45, 7) is 5.46. The molecule has 0 saturated carbocycles. The Balaban J connectivity index is 1.92. The zero-order valence-corrected chi connectivity index (χ0v) is 16.6. The van der Waals surface area contributed by atoms with Crippen molar-refractivity contribution in [2.75, 3.05) is 5.32 Å². The number of nitro groups is 1. The highest BCUT2D eigenvalue weighted by atomic mass is 35.5. The molecule has 0 radical (unpaired) electrons. The van der Waals surface area contributed by atoms with Crippen LogP contribution in [0.4, 0.5) is 11.4 Å². The van der Waals surface area contributed by atoms with Crippen LogP contribution in [-0.2, 0) is 6.54 Å². The van der Waals surface area contributed by atoms with Gasteiger partial charge in [-0.2, -0.15) is 5.10 Å². The Morgan fingerprint density at radius 1 is 1.32 bits per heavy atom. The van der Waals surface area contributed by atoms with E-state index in [1.54, 1.807) is 18.5 Å². The van der Waals surface area contributed by atoms with Crippen molar-refractivity contribution < 1.29 is 14.2 Å². The Morgan fingerprint density at radius 2 is 2.04 bits per heavy atom. The van der Waals surface area contributed by atoms with Crippen LogP contribution in [0.3, 0.4) is 0 Å². The van der Waals surface area contributed by atoms with Gasteiger partial charge in [0.15, 0.2) is 5.69 Å². The van der Waals surface area contributed by atoms with Crippen molar-refractivity contribution in [3.8, 4) is 0 Å². The molecular formula is C17H15Cl2N5O4. The minimum absolute atomic E-state index is 0.000150. The zero-order chi connectivity index (χ0) is 20.6. The van der Waals surface area contributed by atoms with E-state index in [1.807, 2.05) is 6.92 Å². The fourth-order valence-corrected chi connectivity index (χ4v) is 2.98. The highest BCUT2D eigenvalue weighted by Gasteiger charge is 2.24. The maximum absolute atomic E-state index is 12.7. The lowest BCUT2D eigenvalue weighted by Crippen LogP contribution is -2.17. The molecule has 1 amide bonds. The third-order valence-corrected chi connectivity index (χ3v) is 4.99. The molecule has 0 aliphatic heterocycles. The Bertz CT molecular complexity index is 1090. The van der Waals surface area contributed by atoms with Crippen LogP contribution in [0.2, 0.25) is 10.0 Å². The number of benzene rings is 1. The van der Waals surface area contributed by atoms with Crippen molar-refractivity contribution in [3.05, 3.63) is 66.8 Å². The lowest BCUT2D eigenvalue weighted by atomic mass is 10.1. The van der Waals surface area contributed by atoms with Crippen LogP contribution in [0, 0.1) is 30.9 Å². The van der Waals surface area contributed by atoms with E-state index in [0.29, 0.717) is 22.0 Å². The highest BCUT2D eigenvalue weighted by molar-refractivity contribution is 6.31. The number of amides is 1. The number of halogens is 2. The number of carbonyl (C=O) groups is 1. The monoisotopic (exact) mass is 423 g/mol. The van der Waals surface area contributed by atoms with Crippen LogP contribution >= 0.6 is 23.2 Å². The number of aromatic nitrogens is 3. The molecule has 11 heteroatoms. The van der Waals surface area contributed by atoms with Gasteiger partial charge in [0.05, 0.1) is 27.9 Å². The number of hydrogen-bond donors (Lipinski definition) is 1. The van der Waals surface area contributed by atoms with Crippen molar-refractivity contribution in [1.82, 2.24) is 14.9 Å². The van der Waals surface area contributed by atoms with Gasteiger partial charge in [0.25, 0.3) is 11.6 Å². The summed E-state index contributed by atoms with van der Waals surface area (Å²) in [4.78, 5) is 23.3. The topological polar surface area (TPSA) is 116 Å². The summed E-state index contributed by atoms with van der Waals surface area (Å²) in [7, 11) is 0. The Kier molecular flexibility index (Phi) is 5.39. The molecule has 0 aliphatic carbocycles. The second kappa shape index (κ2) is 7.61. The molecule has 2 aromatic heterocycles. The number of nitrogens with zero attached hydrogens (tertiary/aromatic N) is 4. The van der Waals surface area contributed by atoms with Gasteiger partial charge in [0, 0.05) is 16.7 Å². The predicted octanol–water partition coefficient (Wildman–Crippen LogP) is 4.31. The van der Waals surface area contributed by atoms with E-state index in [1.165, 1.54) is 12.1 Å². The van der Waals surface area contributed by atoms with Gasteiger partial charge >= 0.3 is 0 Å². The molecule has 2 heterocycles. The number of anilines is 1. The van der Waals surface area contributed by atoms with Crippen molar-refractivity contribution >= 4 is 40.5 Å². The van der Waals surface area contributed by atoms with Crippen molar-refractivity contribution in [2.45, 2.75) is 27.3 Å². The fraction of sp³-hybridized carbons (Fsp3) is 0.235. The maximum Gasteiger partial charge on any atom is 0.294 e. The molecule has 3 rings (SSSR count). The van der Waals surface area contributed by atoms with Gasteiger partial charge < -0.3 is 9.84 Å². The number of nitrogens with one attached hydrogen (secondary N) is 1. The predicted molar refractivity (Wildman–Crippen MR) is 103 cm³/mol. The average Bonchev–Trinajstić information content (AvgIpc) is 3.12. The molecule has 9 nitrogen and oxygen atoms in total. The first-order valence-electron chi connectivity index (χ1n) is 8.09. The number of rotatable bonds is 5. The Labute approximate surface area is 169 Å². The minimum Gasteiger partial charge on any atom is -0.361 e. The van der Waals surface area contributed by atoms with E-state index in [2.05, 4.69) is 15.6 Å². The zero-order valence-electron chi connectivity index (χ0n) is 15.1. The largest absolute Gasteiger partial charge is 0.361 e. The van der Waals surface area contributed by atoms with Crippen molar-refractivity contribution in [2.24, 2.45) is 0 Å². The van der Waals surface area contributed by atoms with Crippen LogP contribution in [-0.4, -0.2) is 25.8 Å². The first-order chi connectivity index (χ1) is 13.2. The molecule has 0 aliphatic rings. The Hall–Kier alpha value is -2.91. The van der Waals surface area contributed by atoms with Gasteiger partial charge in [0.2, 0.25) is 0 Å². The van der Waals surface area contributed by atoms with Crippen LogP contribution in [0.25, 0.3) is 0 Å². The smallest absolute Gasteiger partial charge is 0.294 e. The summed E-state index contributed by atoms with van der Waals surface area (Å²) in [5.41, 5.74) is 1.57. The second-order valence-corrected chi connectivity index (χ2v) is 6.90. The molecule has 1 aromatic carbocycles. The van der Waals surface area contributed by atoms with Gasteiger partial charge in [-0.3, -0.25) is 19.6 Å². The molecule has 1 N–H and O–H groups in total. The van der Waals surface area contributed by atoms with Gasteiger partial charge in [-0.15, -0.1) is 0 Å². The van der Waals surface area contributed by atoms with E-state index < -0.39 is 10.8 Å². The fourth-order valence-electron chi connectivity index (χ4n) is 2.68. The third-order valence-electron chi connectivity index (χ3n) is 4.21. The molecule has 0 saturated heterocycles. The summed E-state index contributed by atoms with van der Waals surface area (Å²) < 4.78 is 6.80. The molecule has 0 fully saturated rings. The Morgan fingerprint density at radius 3 is 2.64 bits per heavy atom. The van der Waals surface area contributed by atoms with Crippen molar-refractivity contribution in [1.29, 1.82) is 0 Å². The lowest BCUT2D eigenvalue weighted by Gasteiger charge is -2.07. The van der Waals surface area contributed by atoms with Gasteiger partial charge in [-0.05, 0) is 32.9 Å². The minimum atomic E-state index is -0.648. The second-order valence-electron chi connectivity index (χ2n) is 6.08. The molecule has 3 aromatic rings. The van der Waals surface area contributed by atoms with Gasteiger partial charge in [0.1, 0.15) is 11.4 Å². The molecule has 146 valence electrons. The van der Waals surface area contributed by atoms with E-state index >= 15 is 0 Å². The number of carbonyl (C=O) groups excluding carboxylic acids is 1. The summed E-state index contributed by atoms with van der Waals surface area (Å²) in [6, 6.07) is 3.95. The summed E-state index contributed by atoms with van der Waals surface area (Å²) in [6.07, 6.45) is 0. The normalized spacial score (nSPS) is 10.9. The standard InChI is InChI=1S/C17H15Cl2N5O4/c1-8-15(19)9(2)23(21-8)7-12-10(3)28-22-16(12)17(25)20-13-5-4-11(18)6-14(13)24(26)27/h4-6H,7H2,1-3H3,(H,20,25). The first kappa shape index (κ1) is 19.8. The van der Waals surface area contributed by atoms with E-state index in [9.17, 15) is 14.9 Å². The quantitative estimate of drug-likeness (QED) is 0.482. The maximum atomic E-state index is 12.7. The molecule has 0 atom stereocenters. The molecule has 0 spiro atoms. The average molecular weight is 424 g/mol. The summed E-state index contributed by atoms with van der Waals surface area (Å²) in [5, 5.41) is 22.6. The lowest BCUT2D eigenvalue weighted by molar-refractivity contribution is -0.383. The third kappa shape index (κ3) is 3.71. The van der Waals surface area contributed by atoms with Crippen molar-refractivity contribution in [3.63, 3.8) is 0 Å². The SMILES string of the molecule is Cc1nn(Cc2c(C(=O)Nc3ccc(Cl)cc3[N+](=O)[O-])noc2C)c(C)c1Cl. The number of nitro benzene ring substituents is 1. The van der Waals surface area contributed by atoms with Gasteiger partial charge in [-0.25, -0.2) is 0 Å². The van der Waals surface area contributed by atoms with Crippen LogP contribution in [0.1, 0.15) is 33.2 Å². The molecule has 0 unspecified atom stereocenters. The van der Waals surface area contributed by atoms with Crippen LogP contribution < -0.4 is 5.32 Å².